The number of alkyl halides is 3. The van der Waals surface area contributed by atoms with E-state index in [1.165, 1.54) is 20.0 Å². The highest BCUT2D eigenvalue weighted by atomic mass is 19.4. The average Bonchev–Trinajstić information content (AvgIpc) is 3.60. The van der Waals surface area contributed by atoms with Crippen LogP contribution in [0.1, 0.15) is 39.9 Å². The highest BCUT2D eigenvalue weighted by Crippen LogP contribution is 2.36. The van der Waals surface area contributed by atoms with E-state index < -0.39 is 17.6 Å². The van der Waals surface area contributed by atoms with Crippen LogP contribution in [0.2, 0.25) is 0 Å². The van der Waals surface area contributed by atoms with Crippen LogP contribution in [-0.2, 0) is 23.9 Å². The Morgan fingerprint density at radius 2 is 1.98 bits per heavy atom. The van der Waals surface area contributed by atoms with Gasteiger partial charge in [0.15, 0.2) is 0 Å². The van der Waals surface area contributed by atoms with E-state index in [1.54, 1.807) is 36.4 Å². The summed E-state index contributed by atoms with van der Waals surface area (Å²) in [5.74, 6) is -0.645. The van der Waals surface area contributed by atoms with Crippen LogP contribution in [0.5, 0.6) is 5.75 Å². The number of ether oxygens (including phenoxy) is 1. The van der Waals surface area contributed by atoms with Crippen molar-refractivity contribution in [2.24, 2.45) is 0 Å². The Balaban J connectivity index is 1.30. The van der Waals surface area contributed by atoms with Crippen molar-refractivity contribution in [3.8, 4) is 5.75 Å². The molecule has 1 aromatic heterocycles. The zero-order chi connectivity index (χ0) is 29.0. The number of amides is 2. The molecule has 10 nitrogen and oxygen atoms in total. The Kier molecular flexibility index (Phi) is 8.24. The highest BCUT2D eigenvalue weighted by molar-refractivity contribution is 5.99. The lowest BCUT2D eigenvalue weighted by molar-refractivity contribution is -0.137. The molecule has 2 aromatic carbocycles. The van der Waals surface area contributed by atoms with Gasteiger partial charge < -0.3 is 30.9 Å². The number of nitrogens with one attached hydrogen (secondary N) is 4. The van der Waals surface area contributed by atoms with Crippen LogP contribution < -0.4 is 26.0 Å². The van der Waals surface area contributed by atoms with E-state index >= 15 is 0 Å². The molecular formula is C28H30F3N7O3. The third-order valence-corrected chi connectivity index (χ3v) is 7.05. The second-order valence-corrected chi connectivity index (χ2v) is 9.82. The number of rotatable bonds is 10. The van der Waals surface area contributed by atoms with Crippen LogP contribution in [0.25, 0.3) is 0 Å². The maximum atomic E-state index is 13.8. The molecule has 3 heterocycles. The number of hydrogen-bond donors (Lipinski definition) is 4. The minimum atomic E-state index is -4.70. The summed E-state index contributed by atoms with van der Waals surface area (Å²) < 4.78 is 46.7. The van der Waals surface area contributed by atoms with Crippen LogP contribution in [0.4, 0.5) is 36.3 Å². The Morgan fingerprint density at radius 3 is 2.73 bits per heavy atom. The van der Waals surface area contributed by atoms with Gasteiger partial charge in [-0.15, -0.1) is 0 Å². The number of fused-ring (bicyclic) bond motifs is 1. The van der Waals surface area contributed by atoms with E-state index in [-0.39, 0.29) is 30.7 Å². The van der Waals surface area contributed by atoms with Crippen molar-refractivity contribution >= 4 is 35.0 Å². The fraction of sp³-hybridized carbons (Fsp3) is 0.357. The predicted octanol–water partition coefficient (Wildman–Crippen LogP) is 4.18. The molecule has 4 N–H and O–H groups in total. The first kappa shape index (κ1) is 28.1. The SMILES string of the molecule is COc1cc(C(=O)NCCN2CCCC2)ccc1Nc1ncc(C(F)(F)F)c(NCc2cccc3c2CC(=O)N3)n1. The van der Waals surface area contributed by atoms with Crippen molar-refractivity contribution < 1.29 is 27.5 Å². The first-order valence-corrected chi connectivity index (χ1v) is 13.3. The molecule has 0 radical (unpaired) electrons. The Morgan fingerprint density at radius 1 is 1.17 bits per heavy atom. The second-order valence-electron chi connectivity index (χ2n) is 9.82. The third kappa shape index (κ3) is 6.68. The number of hydrogen-bond acceptors (Lipinski definition) is 8. The molecule has 0 bridgehead atoms. The van der Waals surface area contributed by atoms with Crippen molar-refractivity contribution in [3.63, 3.8) is 0 Å². The molecule has 2 amide bonds. The van der Waals surface area contributed by atoms with Crippen molar-refractivity contribution in [1.29, 1.82) is 0 Å². The summed E-state index contributed by atoms with van der Waals surface area (Å²) >= 11 is 0. The number of nitrogens with zero attached hydrogens (tertiary/aromatic N) is 3. The van der Waals surface area contributed by atoms with Gasteiger partial charge >= 0.3 is 6.18 Å². The standard InChI is InChI=1S/C28H30F3N7O3/c1-41-23-13-17(26(40)32-9-12-38-10-2-3-11-38)7-8-22(23)36-27-34-16-20(28(29,30)31)25(37-27)33-15-18-5-4-6-21-19(18)14-24(39)35-21/h4-8,13,16H,2-3,9-12,14-15H2,1H3,(H,32,40)(H,35,39)(H2,33,34,36,37). The summed E-state index contributed by atoms with van der Waals surface area (Å²) in [5.41, 5.74) is 1.78. The van der Waals surface area contributed by atoms with Gasteiger partial charge in [0.2, 0.25) is 11.9 Å². The summed E-state index contributed by atoms with van der Waals surface area (Å²) in [6, 6.07) is 9.93. The van der Waals surface area contributed by atoms with Gasteiger partial charge in [0, 0.05) is 37.1 Å². The zero-order valence-electron chi connectivity index (χ0n) is 22.4. The summed E-state index contributed by atoms with van der Waals surface area (Å²) in [4.78, 5) is 34.7. The Labute approximate surface area is 234 Å². The first-order valence-electron chi connectivity index (χ1n) is 13.3. The van der Waals surface area contributed by atoms with E-state index in [9.17, 15) is 22.8 Å². The van der Waals surface area contributed by atoms with Crippen LogP contribution in [0.3, 0.4) is 0 Å². The molecule has 0 unspecified atom stereocenters. The second kappa shape index (κ2) is 12.0. The van der Waals surface area contributed by atoms with E-state index in [0.717, 1.165) is 25.2 Å². The Bertz CT molecular complexity index is 1440. The molecule has 0 saturated carbocycles. The normalized spacial score (nSPS) is 14.9. The predicted molar refractivity (Wildman–Crippen MR) is 147 cm³/mol. The number of methoxy groups -OCH3 is 1. The summed E-state index contributed by atoms with van der Waals surface area (Å²) in [6.45, 7) is 3.41. The monoisotopic (exact) mass is 569 g/mol. The maximum Gasteiger partial charge on any atom is 0.421 e. The number of aromatic nitrogens is 2. The van der Waals surface area contributed by atoms with Gasteiger partial charge in [-0.1, -0.05) is 12.1 Å². The third-order valence-electron chi connectivity index (χ3n) is 7.05. The molecule has 1 fully saturated rings. The molecule has 0 atom stereocenters. The summed E-state index contributed by atoms with van der Waals surface area (Å²) in [5, 5.41) is 11.3. The van der Waals surface area contributed by atoms with Crippen molar-refractivity contribution in [2.75, 3.05) is 49.2 Å². The lowest BCUT2D eigenvalue weighted by Gasteiger charge is -2.17. The largest absolute Gasteiger partial charge is 0.495 e. The maximum absolute atomic E-state index is 13.8. The molecular weight excluding hydrogens is 539 g/mol. The molecule has 5 rings (SSSR count). The first-order chi connectivity index (χ1) is 19.7. The van der Waals surface area contributed by atoms with E-state index in [0.29, 0.717) is 41.0 Å². The zero-order valence-corrected chi connectivity index (χ0v) is 22.4. The van der Waals surface area contributed by atoms with Crippen LogP contribution >= 0.6 is 0 Å². The van der Waals surface area contributed by atoms with E-state index in [1.807, 2.05) is 0 Å². The molecule has 3 aromatic rings. The lowest BCUT2D eigenvalue weighted by Crippen LogP contribution is -2.33. The quantitative estimate of drug-likeness (QED) is 0.287. The summed E-state index contributed by atoms with van der Waals surface area (Å²) in [6.07, 6.45) is -1.49. The van der Waals surface area contributed by atoms with Gasteiger partial charge in [0.25, 0.3) is 5.91 Å². The van der Waals surface area contributed by atoms with Gasteiger partial charge in [-0.25, -0.2) is 4.98 Å². The summed E-state index contributed by atoms with van der Waals surface area (Å²) in [7, 11) is 1.42. The van der Waals surface area contributed by atoms with Gasteiger partial charge in [-0.05, 0) is 61.3 Å². The Hall–Kier alpha value is -4.39. The minimum Gasteiger partial charge on any atom is -0.495 e. The fourth-order valence-corrected chi connectivity index (χ4v) is 4.94. The molecule has 1 saturated heterocycles. The molecule has 13 heteroatoms. The van der Waals surface area contributed by atoms with Crippen LogP contribution in [0, 0.1) is 0 Å². The number of carbonyl (C=O) groups is 2. The lowest BCUT2D eigenvalue weighted by atomic mass is 10.0. The number of likely N-dealkylation sites (tertiary alicyclic amines) is 1. The van der Waals surface area contributed by atoms with Crippen LogP contribution in [0.15, 0.2) is 42.6 Å². The topological polar surface area (TPSA) is 121 Å². The smallest absolute Gasteiger partial charge is 0.421 e. The van der Waals surface area contributed by atoms with Crippen molar-refractivity contribution in [3.05, 3.63) is 64.8 Å². The van der Waals surface area contributed by atoms with Crippen LogP contribution in [-0.4, -0.2) is 60.0 Å². The fourth-order valence-electron chi connectivity index (χ4n) is 4.94. The van der Waals surface area contributed by atoms with Crippen molar-refractivity contribution in [1.82, 2.24) is 20.2 Å². The number of carbonyl (C=O) groups excluding carboxylic acids is 2. The molecule has 2 aliphatic rings. The number of benzene rings is 2. The molecule has 2 aliphatic heterocycles. The molecule has 0 aliphatic carbocycles. The molecule has 0 spiro atoms. The van der Waals surface area contributed by atoms with Gasteiger partial charge in [0.05, 0.1) is 19.2 Å². The van der Waals surface area contributed by atoms with Gasteiger partial charge in [-0.3, -0.25) is 9.59 Å². The molecule has 216 valence electrons. The minimum absolute atomic E-state index is 0.0164. The van der Waals surface area contributed by atoms with Gasteiger partial charge in [-0.2, -0.15) is 18.2 Å². The van der Waals surface area contributed by atoms with Gasteiger partial charge in [0.1, 0.15) is 17.1 Å². The average molecular weight is 570 g/mol. The highest BCUT2D eigenvalue weighted by Gasteiger charge is 2.35. The molecule has 41 heavy (non-hydrogen) atoms. The number of halogens is 3. The number of anilines is 4. The van der Waals surface area contributed by atoms with Crippen molar-refractivity contribution in [2.45, 2.75) is 32.0 Å². The van der Waals surface area contributed by atoms with E-state index in [2.05, 4.69) is 36.1 Å². The van der Waals surface area contributed by atoms with E-state index in [4.69, 9.17) is 4.74 Å².